The molecule has 0 aromatic carbocycles. The van der Waals surface area contributed by atoms with E-state index in [0.29, 0.717) is 6.04 Å². The summed E-state index contributed by atoms with van der Waals surface area (Å²) in [6.07, 6.45) is 6.98. The zero-order chi connectivity index (χ0) is 10.8. The van der Waals surface area contributed by atoms with Crippen molar-refractivity contribution in [2.45, 2.75) is 58.0 Å². The SMILES string of the molecule is CCC(C1CC1)N1CCCC(C)C1CN. The van der Waals surface area contributed by atoms with Crippen molar-refractivity contribution in [3.05, 3.63) is 0 Å². The first-order valence-electron chi connectivity index (χ1n) is 6.73. The fourth-order valence-electron chi connectivity index (χ4n) is 3.38. The minimum atomic E-state index is 0.657. The van der Waals surface area contributed by atoms with Gasteiger partial charge in [0.05, 0.1) is 0 Å². The van der Waals surface area contributed by atoms with Crippen LogP contribution in [-0.4, -0.2) is 30.1 Å². The third-order valence-electron chi connectivity index (χ3n) is 4.41. The van der Waals surface area contributed by atoms with Crippen LogP contribution in [0.3, 0.4) is 0 Å². The molecular formula is C13H26N2. The van der Waals surface area contributed by atoms with E-state index >= 15 is 0 Å². The molecule has 2 rings (SSSR count). The molecular weight excluding hydrogens is 184 g/mol. The lowest BCUT2D eigenvalue weighted by Crippen LogP contribution is -2.53. The summed E-state index contributed by atoms with van der Waals surface area (Å²) in [5.74, 6) is 1.80. The van der Waals surface area contributed by atoms with E-state index < -0.39 is 0 Å². The second-order valence-electron chi connectivity index (χ2n) is 5.47. The van der Waals surface area contributed by atoms with E-state index in [9.17, 15) is 0 Å². The number of hydrogen-bond donors (Lipinski definition) is 1. The number of nitrogens with two attached hydrogens (primary N) is 1. The fraction of sp³-hybridized carbons (Fsp3) is 1.00. The van der Waals surface area contributed by atoms with Gasteiger partial charge in [0.25, 0.3) is 0 Å². The monoisotopic (exact) mass is 210 g/mol. The summed E-state index contributed by atoms with van der Waals surface area (Å²) in [5, 5.41) is 0. The summed E-state index contributed by atoms with van der Waals surface area (Å²) in [7, 11) is 0. The van der Waals surface area contributed by atoms with Gasteiger partial charge in [-0.2, -0.15) is 0 Å². The Balaban J connectivity index is 2.02. The highest BCUT2D eigenvalue weighted by Crippen LogP contribution is 2.39. The largest absolute Gasteiger partial charge is 0.329 e. The molecule has 0 aromatic heterocycles. The van der Waals surface area contributed by atoms with Crippen LogP contribution in [0.15, 0.2) is 0 Å². The number of likely N-dealkylation sites (tertiary alicyclic amines) is 1. The first-order valence-corrected chi connectivity index (χ1v) is 6.73. The molecule has 3 unspecified atom stereocenters. The summed E-state index contributed by atoms with van der Waals surface area (Å²) >= 11 is 0. The molecule has 0 amide bonds. The van der Waals surface area contributed by atoms with Gasteiger partial charge in [0, 0.05) is 18.6 Å². The van der Waals surface area contributed by atoms with Crippen LogP contribution in [0.1, 0.15) is 46.0 Å². The van der Waals surface area contributed by atoms with Gasteiger partial charge in [-0.15, -0.1) is 0 Å². The molecule has 2 heteroatoms. The zero-order valence-electron chi connectivity index (χ0n) is 10.3. The molecule has 0 aromatic rings. The smallest absolute Gasteiger partial charge is 0.0247 e. The maximum absolute atomic E-state index is 5.96. The highest BCUT2D eigenvalue weighted by atomic mass is 15.2. The van der Waals surface area contributed by atoms with Crippen molar-refractivity contribution in [2.75, 3.05) is 13.1 Å². The van der Waals surface area contributed by atoms with E-state index in [1.165, 1.54) is 38.6 Å². The molecule has 0 spiro atoms. The highest BCUT2D eigenvalue weighted by Gasteiger charge is 2.39. The number of piperidine rings is 1. The van der Waals surface area contributed by atoms with Crippen molar-refractivity contribution in [1.82, 2.24) is 4.90 Å². The lowest BCUT2D eigenvalue weighted by Gasteiger charge is -2.44. The van der Waals surface area contributed by atoms with Crippen molar-refractivity contribution in [3.63, 3.8) is 0 Å². The molecule has 2 nitrogen and oxygen atoms in total. The topological polar surface area (TPSA) is 29.3 Å². The van der Waals surface area contributed by atoms with Crippen molar-refractivity contribution in [1.29, 1.82) is 0 Å². The van der Waals surface area contributed by atoms with Gasteiger partial charge in [0.1, 0.15) is 0 Å². The Morgan fingerprint density at radius 3 is 2.60 bits per heavy atom. The van der Waals surface area contributed by atoms with Gasteiger partial charge < -0.3 is 5.73 Å². The van der Waals surface area contributed by atoms with Crippen LogP contribution in [0.5, 0.6) is 0 Å². The standard InChI is InChI=1S/C13H26N2/c1-3-12(11-6-7-11)15-8-4-5-10(2)13(15)9-14/h10-13H,3-9,14H2,1-2H3. The second kappa shape index (κ2) is 4.84. The van der Waals surface area contributed by atoms with Crippen LogP contribution in [0, 0.1) is 11.8 Å². The van der Waals surface area contributed by atoms with Crippen molar-refractivity contribution >= 4 is 0 Å². The summed E-state index contributed by atoms with van der Waals surface area (Å²) in [4.78, 5) is 2.74. The van der Waals surface area contributed by atoms with E-state index in [-0.39, 0.29) is 0 Å². The first-order chi connectivity index (χ1) is 7.27. The van der Waals surface area contributed by atoms with Crippen LogP contribution in [-0.2, 0) is 0 Å². The normalized spacial score (nSPS) is 35.4. The molecule has 1 saturated carbocycles. The summed E-state index contributed by atoms with van der Waals surface area (Å²) in [6.45, 7) is 6.87. The van der Waals surface area contributed by atoms with Gasteiger partial charge in [0.15, 0.2) is 0 Å². The fourth-order valence-corrected chi connectivity index (χ4v) is 3.38. The minimum absolute atomic E-state index is 0.657. The molecule has 1 aliphatic heterocycles. The van der Waals surface area contributed by atoms with E-state index in [1.54, 1.807) is 0 Å². The average molecular weight is 210 g/mol. The molecule has 1 heterocycles. The van der Waals surface area contributed by atoms with Crippen molar-refractivity contribution in [3.8, 4) is 0 Å². The maximum Gasteiger partial charge on any atom is 0.0247 e. The number of hydrogen-bond acceptors (Lipinski definition) is 2. The summed E-state index contributed by atoms with van der Waals surface area (Å²) in [6, 6.07) is 1.49. The van der Waals surface area contributed by atoms with Gasteiger partial charge in [-0.3, -0.25) is 4.90 Å². The predicted octanol–water partition coefficient (Wildman–Crippen LogP) is 2.23. The van der Waals surface area contributed by atoms with Crippen LogP contribution < -0.4 is 5.73 Å². The van der Waals surface area contributed by atoms with Crippen molar-refractivity contribution < 1.29 is 0 Å². The summed E-state index contributed by atoms with van der Waals surface area (Å²) in [5.41, 5.74) is 5.96. The molecule has 3 atom stereocenters. The van der Waals surface area contributed by atoms with Crippen LogP contribution in [0.25, 0.3) is 0 Å². The van der Waals surface area contributed by atoms with Gasteiger partial charge in [-0.1, -0.05) is 13.8 Å². The molecule has 0 radical (unpaired) electrons. The van der Waals surface area contributed by atoms with Gasteiger partial charge >= 0.3 is 0 Å². The summed E-state index contributed by atoms with van der Waals surface area (Å²) < 4.78 is 0. The molecule has 2 aliphatic rings. The molecule has 15 heavy (non-hydrogen) atoms. The lowest BCUT2D eigenvalue weighted by molar-refractivity contribution is 0.0504. The third kappa shape index (κ3) is 2.36. The first kappa shape index (κ1) is 11.4. The van der Waals surface area contributed by atoms with E-state index in [1.807, 2.05) is 0 Å². The molecule has 2 fully saturated rings. The van der Waals surface area contributed by atoms with E-state index in [4.69, 9.17) is 5.73 Å². The molecule has 0 bridgehead atoms. The van der Waals surface area contributed by atoms with Gasteiger partial charge in [-0.25, -0.2) is 0 Å². The third-order valence-corrected chi connectivity index (χ3v) is 4.41. The molecule has 88 valence electrons. The van der Waals surface area contributed by atoms with Crippen LogP contribution >= 0.6 is 0 Å². The molecule has 1 aliphatic carbocycles. The second-order valence-corrected chi connectivity index (χ2v) is 5.47. The van der Waals surface area contributed by atoms with E-state index in [2.05, 4.69) is 18.7 Å². The lowest BCUT2D eigenvalue weighted by atomic mass is 9.88. The Kier molecular flexibility index (Phi) is 3.68. The Labute approximate surface area is 94.2 Å². The van der Waals surface area contributed by atoms with Gasteiger partial charge in [-0.05, 0) is 50.5 Å². The van der Waals surface area contributed by atoms with Crippen LogP contribution in [0.2, 0.25) is 0 Å². The van der Waals surface area contributed by atoms with Gasteiger partial charge in [0.2, 0.25) is 0 Å². The maximum atomic E-state index is 5.96. The van der Waals surface area contributed by atoms with Crippen LogP contribution in [0.4, 0.5) is 0 Å². The zero-order valence-corrected chi connectivity index (χ0v) is 10.3. The number of nitrogens with zero attached hydrogens (tertiary/aromatic N) is 1. The minimum Gasteiger partial charge on any atom is -0.329 e. The quantitative estimate of drug-likeness (QED) is 0.771. The average Bonchev–Trinajstić information content (AvgIpc) is 3.04. The molecule has 2 N–H and O–H groups in total. The van der Waals surface area contributed by atoms with E-state index in [0.717, 1.165) is 24.4 Å². The van der Waals surface area contributed by atoms with Crippen molar-refractivity contribution in [2.24, 2.45) is 17.6 Å². The Morgan fingerprint density at radius 2 is 2.07 bits per heavy atom. The Bertz CT molecular complexity index is 195. The highest BCUT2D eigenvalue weighted by molar-refractivity contribution is 4.93. The number of rotatable bonds is 4. The molecule has 1 saturated heterocycles. The Hall–Kier alpha value is -0.0800. The Morgan fingerprint density at radius 1 is 1.33 bits per heavy atom. The predicted molar refractivity (Wildman–Crippen MR) is 64.7 cm³/mol.